The van der Waals surface area contributed by atoms with Gasteiger partial charge in [-0.25, -0.2) is 17.6 Å². The maximum atomic E-state index is 12.9. The van der Waals surface area contributed by atoms with Crippen LogP contribution in [0.2, 0.25) is 0 Å². The lowest BCUT2D eigenvalue weighted by Gasteiger charge is -2.17. The van der Waals surface area contributed by atoms with E-state index in [4.69, 9.17) is 5.73 Å². The van der Waals surface area contributed by atoms with Gasteiger partial charge in [0.15, 0.2) is 0 Å². The molecule has 0 aliphatic rings. The monoisotopic (exact) mass is 287 g/mol. The van der Waals surface area contributed by atoms with Gasteiger partial charge in [-0.2, -0.15) is 8.78 Å². The standard InChI is InChI=1S/C11H11F6NO/c12-7-1-6(2-8(13)3-7)9(18)4-19-5-11(16,17)10(14)15/h1-3,9-10H,4-5,18H2. The van der Waals surface area contributed by atoms with Crippen molar-refractivity contribution in [1.29, 1.82) is 0 Å². The molecular formula is C11H11F6NO. The molecule has 0 fully saturated rings. The smallest absolute Gasteiger partial charge is 0.330 e. The minimum Gasteiger partial charge on any atom is -0.373 e. The van der Waals surface area contributed by atoms with Gasteiger partial charge < -0.3 is 10.5 Å². The number of ether oxygens (including phenoxy) is 1. The summed E-state index contributed by atoms with van der Waals surface area (Å²) < 4.78 is 78.7. The Labute approximate surface area is 105 Å². The van der Waals surface area contributed by atoms with E-state index in [1.165, 1.54) is 0 Å². The molecule has 2 N–H and O–H groups in total. The van der Waals surface area contributed by atoms with Crippen molar-refractivity contribution in [2.75, 3.05) is 13.2 Å². The molecule has 1 rings (SSSR count). The molecule has 0 saturated heterocycles. The van der Waals surface area contributed by atoms with Crippen LogP contribution in [0.1, 0.15) is 11.6 Å². The minimum absolute atomic E-state index is 0.0159. The van der Waals surface area contributed by atoms with Crippen LogP contribution in [0, 0.1) is 11.6 Å². The van der Waals surface area contributed by atoms with Crippen molar-refractivity contribution in [3.63, 3.8) is 0 Å². The zero-order chi connectivity index (χ0) is 14.6. The Hall–Kier alpha value is -1.28. The average molecular weight is 287 g/mol. The second-order valence-electron chi connectivity index (χ2n) is 3.89. The number of alkyl halides is 4. The summed E-state index contributed by atoms with van der Waals surface area (Å²) in [6, 6.07) is 1.32. The molecule has 0 heterocycles. The van der Waals surface area contributed by atoms with E-state index in [1.807, 2.05) is 0 Å². The van der Waals surface area contributed by atoms with Crippen LogP contribution in [0.5, 0.6) is 0 Å². The van der Waals surface area contributed by atoms with Gasteiger partial charge in [0.05, 0.1) is 12.6 Å². The molecular weight excluding hydrogens is 276 g/mol. The number of benzene rings is 1. The zero-order valence-corrected chi connectivity index (χ0v) is 9.55. The van der Waals surface area contributed by atoms with E-state index in [0.29, 0.717) is 6.07 Å². The van der Waals surface area contributed by atoms with E-state index in [1.54, 1.807) is 0 Å². The number of halogens is 6. The molecule has 19 heavy (non-hydrogen) atoms. The normalized spacial score (nSPS) is 13.9. The molecule has 0 saturated carbocycles. The summed E-state index contributed by atoms with van der Waals surface area (Å²) >= 11 is 0. The van der Waals surface area contributed by atoms with Crippen LogP contribution < -0.4 is 5.73 Å². The average Bonchev–Trinajstić information content (AvgIpc) is 2.27. The molecule has 1 aromatic carbocycles. The largest absolute Gasteiger partial charge is 0.373 e. The second-order valence-corrected chi connectivity index (χ2v) is 3.89. The maximum Gasteiger partial charge on any atom is 0.330 e. The highest BCUT2D eigenvalue weighted by Crippen LogP contribution is 2.23. The van der Waals surface area contributed by atoms with Gasteiger partial charge in [-0.3, -0.25) is 0 Å². The Morgan fingerprint density at radius 3 is 2.11 bits per heavy atom. The summed E-state index contributed by atoms with van der Waals surface area (Å²) in [4.78, 5) is 0. The summed E-state index contributed by atoms with van der Waals surface area (Å²) in [5, 5.41) is 0. The summed E-state index contributed by atoms with van der Waals surface area (Å²) in [5.41, 5.74) is 5.43. The lowest BCUT2D eigenvalue weighted by atomic mass is 10.1. The quantitative estimate of drug-likeness (QED) is 0.817. The summed E-state index contributed by atoms with van der Waals surface area (Å²) in [6.45, 7) is -2.08. The topological polar surface area (TPSA) is 35.2 Å². The third kappa shape index (κ3) is 4.71. The first-order valence-electron chi connectivity index (χ1n) is 5.17. The van der Waals surface area contributed by atoms with E-state index in [2.05, 4.69) is 4.74 Å². The number of hydrogen-bond acceptors (Lipinski definition) is 2. The van der Waals surface area contributed by atoms with Gasteiger partial charge >= 0.3 is 12.3 Å². The first kappa shape index (κ1) is 15.8. The highest BCUT2D eigenvalue weighted by Gasteiger charge is 2.41. The van der Waals surface area contributed by atoms with Crippen molar-refractivity contribution < 1.29 is 31.1 Å². The first-order valence-corrected chi connectivity index (χ1v) is 5.17. The highest BCUT2D eigenvalue weighted by molar-refractivity contribution is 5.21. The summed E-state index contributed by atoms with van der Waals surface area (Å²) in [5.74, 6) is -6.06. The lowest BCUT2D eigenvalue weighted by molar-refractivity contribution is -0.166. The second kappa shape index (κ2) is 6.25. The molecule has 8 heteroatoms. The molecule has 0 amide bonds. The van der Waals surface area contributed by atoms with Crippen LogP contribution in [0.3, 0.4) is 0 Å². The third-order valence-electron chi connectivity index (χ3n) is 2.22. The van der Waals surface area contributed by atoms with E-state index >= 15 is 0 Å². The molecule has 1 aromatic rings. The molecule has 0 bridgehead atoms. The predicted molar refractivity (Wildman–Crippen MR) is 55.1 cm³/mol. The molecule has 1 unspecified atom stereocenters. The van der Waals surface area contributed by atoms with Crippen molar-refractivity contribution in [1.82, 2.24) is 0 Å². The Bertz CT molecular complexity index is 405. The van der Waals surface area contributed by atoms with Gasteiger partial charge in [-0.15, -0.1) is 0 Å². The fourth-order valence-electron chi connectivity index (χ4n) is 1.27. The van der Waals surface area contributed by atoms with Crippen LogP contribution in [0.4, 0.5) is 26.3 Å². The van der Waals surface area contributed by atoms with Gasteiger partial charge in [0.1, 0.15) is 18.2 Å². The van der Waals surface area contributed by atoms with E-state index in [0.717, 1.165) is 12.1 Å². The number of nitrogens with two attached hydrogens (primary N) is 1. The zero-order valence-electron chi connectivity index (χ0n) is 9.55. The van der Waals surface area contributed by atoms with Gasteiger partial charge in [-0.1, -0.05) is 0 Å². The molecule has 0 aliphatic carbocycles. The van der Waals surface area contributed by atoms with E-state index in [9.17, 15) is 26.3 Å². The Morgan fingerprint density at radius 2 is 1.63 bits per heavy atom. The molecule has 0 radical (unpaired) electrons. The van der Waals surface area contributed by atoms with Gasteiger partial charge in [0, 0.05) is 6.07 Å². The third-order valence-corrected chi connectivity index (χ3v) is 2.22. The van der Waals surface area contributed by atoms with Gasteiger partial charge in [-0.05, 0) is 17.7 Å². The molecule has 0 aromatic heterocycles. The minimum atomic E-state index is -4.28. The molecule has 0 spiro atoms. The van der Waals surface area contributed by atoms with Crippen molar-refractivity contribution in [3.05, 3.63) is 35.4 Å². The Balaban J connectivity index is 2.54. The SMILES string of the molecule is NC(COCC(F)(F)C(F)F)c1cc(F)cc(F)c1. The van der Waals surface area contributed by atoms with Crippen molar-refractivity contribution in [2.45, 2.75) is 18.4 Å². The van der Waals surface area contributed by atoms with E-state index < -0.39 is 43.2 Å². The van der Waals surface area contributed by atoms with Crippen LogP contribution in [-0.2, 0) is 4.74 Å². The van der Waals surface area contributed by atoms with Crippen LogP contribution >= 0.6 is 0 Å². The predicted octanol–water partition coefficient (Wildman–Crippen LogP) is 2.88. The number of rotatable bonds is 6. The van der Waals surface area contributed by atoms with E-state index in [-0.39, 0.29) is 5.56 Å². The maximum absolute atomic E-state index is 12.9. The fraction of sp³-hybridized carbons (Fsp3) is 0.455. The molecule has 1 atom stereocenters. The van der Waals surface area contributed by atoms with Gasteiger partial charge in [0.2, 0.25) is 0 Å². The molecule has 2 nitrogen and oxygen atoms in total. The molecule has 108 valence electrons. The van der Waals surface area contributed by atoms with Gasteiger partial charge in [0.25, 0.3) is 0 Å². The number of hydrogen-bond donors (Lipinski definition) is 1. The lowest BCUT2D eigenvalue weighted by Crippen LogP contribution is -2.33. The summed E-state index contributed by atoms with van der Waals surface area (Å²) in [6.07, 6.45) is -3.85. The van der Waals surface area contributed by atoms with Crippen molar-refractivity contribution in [2.24, 2.45) is 5.73 Å². The Kier molecular flexibility index (Phi) is 5.19. The van der Waals surface area contributed by atoms with Crippen molar-refractivity contribution in [3.8, 4) is 0 Å². The highest BCUT2D eigenvalue weighted by atomic mass is 19.3. The first-order chi connectivity index (χ1) is 8.72. The summed E-state index contributed by atoms with van der Waals surface area (Å²) in [7, 11) is 0. The van der Waals surface area contributed by atoms with Crippen molar-refractivity contribution >= 4 is 0 Å². The fourth-order valence-corrected chi connectivity index (χ4v) is 1.27. The molecule has 0 aliphatic heterocycles. The Morgan fingerprint density at radius 1 is 1.11 bits per heavy atom. The van der Waals surface area contributed by atoms with Crippen LogP contribution in [-0.4, -0.2) is 25.6 Å². The van der Waals surface area contributed by atoms with Crippen LogP contribution in [0.15, 0.2) is 18.2 Å². The van der Waals surface area contributed by atoms with Crippen LogP contribution in [0.25, 0.3) is 0 Å².